The van der Waals surface area contributed by atoms with Gasteiger partial charge in [0.15, 0.2) is 5.69 Å². The number of hydrogen-bond donors (Lipinski definition) is 1. The van der Waals surface area contributed by atoms with Gasteiger partial charge in [-0.25, -0.2) is 9.18 Å². The number of rotatable bonds is 8. The Labute approximate surface area is 185 Å². The second-order valence-corrected chi connectivity index (χ2v) is 7.35. The van der Waals surface area contributed by atoms with Crippen LogP contribution in [0.25, 0.3) is 16.5 Å². The van der Waals surface area contributed by atoms with Gasteiger partial charge < -0.3 is 14.8 Å². The number of benzene rings is 1. The van der Waals surface area contributed by atoms with Crippen LogP contribution >= 0.6 is 11.3 Å². The minimum Gasteiger partial charge on any atom is -0.466 e. The minimum absolute atomic E-state index is 0.0573. The highest BCUT2D eigenvalue weighted by Gasteiger charge is 2.23. The lowest BCUT2D eigenvalue weighted by atomic mass is 10.2. The number of hydrogen-bond acceptors (Lipinski definition) is 8. The summed E-state index contributed by atoms with van der Waals surface area (Å²) in [5, 5.41) is 8.73. The molecule has 0 atom stereocenters. The molecule has 32 heavy (non-hydrogen) atoms. The lowest BCUT2D eigenvalue weighted by molar-refractivity contribution is -0.144. The van der Waals surface area contributed by atoms with Gasteiger partial charge in [0.1, 0.15) is 10.8 Å². The van der Waals surface area contributed by atoms with E-state index < -0.39 is 29.2 Å². The summed E-state index contributed by atoms with van der Waals surface area (Å²) < 4.78 is 24.1. The molecule has 0 saturated carbocycles. The fraction of sp³-hybridized carbons (Fsp3) is 0.286. The average Bonchev–Trinajstić information content (AvgIpc) is 3.18. The van der Waals surface area contributed by atoms with Crippen LogP contribution in [0.1, 0.15) is 37.2 Å². The number of carbonyl (C=O) groups is 3. The van der Waals surface area contributed by atoms with Crippen molar-refractivity contribution in [1.82, 2.24) is 9.78 Å². The van der Waals surface area contributed by atoms with Gasteiger partial charge in [-0.2, -0.15) is 9.78 Å². The number of anilines is 1. The maximum Gasteiger partial charge on any atom is 0.359 e. The van der Waals surface area contributed by atoms with E-state index in [1.54, 1.807) is 13.8 Å². The second-order valence-electron chi connectivity index (χ2n) is 6.47. The maximum atomic E-state index is 13.3. The molecule has 1 N–H and O–H groups in total. The van der Waals surface area contributed by atoms with Crippen molar-refractivity contribution >= 4 is 45.0 Å². The van der Waals surface area contributed by atoms with Crippen molar-refractivity contribution in [2.45, 2.75) is 26.7 Å². The lowest BCUT2D eigenvalue weighted by Gasteiger charge is -2.10. The number of nitrogens with one attached hydrogen (secondary N) is 1. The first-order valence-corrected chi connectivity index (χ1v) is 10.7. The van der Waals surface area contributed by atoms with Gasteiger partial charge in [0.25, 0.3) is 5.56 Å². The summed E-state index contributed by atoms with van der Waals surface area (Å²) in [6, 6.07) is 5.00. The van der Waals surface area contributed by atoms with E-state index in [1.165, 1.54) is 17.5 Å². The van der Waals surface area contributed by atoms with Crippen LogP contribution in [0.5, 0.6) is 0 Å². The molecule has 168 valence electrons. The Bertz CT molecular complexity index is 1220. The third-order valence-corrected chi connectivity index (χ3v) is 5.20. The maximum absolute atomic E-state index is 13.3. The molecule has 3 aromatic rings. The summed E-state index contributed by atoms with van der Waals surface area (Å²) in [5.74, 6) is -2.25. The Kier molecular flexibility index (Phi) is 7.31. The van der Waals surface area contributed by atoms with Crippen LogP contribution in [-0.2, 0) is 19.1 Å². The fourth-order valence-corrected chi connectivity index (χ4v) is 3.84. The zero-order valence-electron chi connectivity index (χ0n) is 17.3. The van der Waals surface area contributed by atoms with Crippen molar-refractivity contribution < 1.29 is 28.2 Å². The smallest absolute Gasteiger partial charge is 0.359 e. The SMILES string of the molecule is CCOC(=O)CCC(=O)Nc1scc2c(C(=O)OCC)nn(-c3ccc(F)cc3)c(=O)c12. The Morgan fingerprint density at radius 3 is 2.44 bits per heavy atom. The van der Waals surface area contributed by atoms with Gasteiger partial charge in [0.05, 0.1) is 30.7 Å². The molecule has 1 amide bonds. The normalized spacial score (nSPS) is 10.7. The molecule has 9 nitrogen and oxygen atoms in total. The monoisotopic (exact) mass is 461 g/mol. The van der Waals surface area contributed by atoms with Crippen molar-refractivity contribution in [3.8, 4) is 5.69 Å². The number of fused-ring (bicyclic) bond motifs is 1. The average molecular weight is 461 g/mol. The Morgan fingerprint density at radius 2 is 1.78 bits per heavy atom. The van der Waals surface area contributed by atoms with Gasteiger partial charge in [0.2, 0.25) is 5.91 Å². The Hall–Kier alpha value is -3.60. The van der Waals surface area contributed by atoms with E-state index in [2.05, 4.69) is 10.4 Å². The zero-order chi connectivity index (χ0) is 23.3. The van der Waals surface area contributed by atoms with E-state index in [0.29, 0.717) is 0 Å². The molecule has 0 saturated heterocycles. The topological polar surface area (TPSA) is 117 Å². The van der Waals surface area contributed by atoms with Crippen LogP contribution in [0.3, 0.4) is 0 Å². The molecule has 0 aliphatic rings. The zero-order valence-corrected chi connectivity index (χ0v) is 18.2. The van der Waals surface area contributed by atoms with Gasteiger partial charge in [-0.3, -0.25) is 14.4 Å². The summed E-state index contributed by atoms with van der Waals surface area (Å²) in [6.07, 6.45) is -0.251. The van der Waals surface area contributed by atoms with Gasteiger partial charge in [-0.15, -0.1) is 11.3 Å². The number of aromatic nitrogens is 2. The van der Waals surface area contributed by atoms with Crippen molar-refractivity contribution in [2.24, 2.45) is 0 Å². The molecule has 0 unspecified atom stereocenters. The molecule has 11 heteroatoms. The third kappa shape index (κ3) is 4.99. The molecule has 0 fully saturated rings. The largest absolute Gasteiger partial charge is 0.466 e. The highest BCUT2D eigenvalue weighted by molar-refractivity contribution is 7.16. The molecule has 2 aromatic heterocycles. The number of nitrogens with zero attached hydrogens (tertiary/aromatic N) is 2. The first-order chi connectivity index (χ1) is 15.3. The van der Waals surface area contributed by atoms with Gasteiger partial charge in [-0.05, 0) is 38.1 Å². The Morgan fingerprint density at radius 1 is 1.09 bits per heavy atom. The van der Waals surface area contributed by atoms with Gasteiger partial charge >= 0.3 is 11.9 Å². The van der Waals surface area contributed by atoms with Crippen molar-refractivity contribution in [3.63, 3.8) is 0 Å². The molecular formula is C21H20FN3O6S. The standard InChI is InChI=1S/C21H20FN3O6S/c1-3-30-16(27)10-9-15(26)23-19-17-14(11-32-19)18(21(29)31-4-2)24-25(20(17)28)13-7-5-12(22)6-8-13/h5-8,11H,3-4,9-10H2,1-2H3,(H,23,26). The van der Waals surface area contributed by atoms with E-state index in [9.17, 15) is 23.6 Å². The summed E-state index contributed by atoms with van der Waals surface area (Å²) in [4.78, 5) is 49.5. The number of halogens is 1. The molecule has 0 bridgehead atoms. The molecule has 0 aliphatic carbocycles. The van der Waals surface area contributed by atoms with Crippen LogP contribution in [0.2, 0.25) is 0 Å². The first kappa shape index (κ1) is 23.1. The molecular weight excluding hydrogens is 441 g/mol. The van der Waals surface area contributed by atoms with Crippen LogP contribution < -0.4 is 10.9 Å². The highest BCUT2D eigenvalue weighted by Crippen LogP contribution is 2.30. The number of thiophene rings is 1. The molecule has 0 aliphatic heterocycles. The van der Waals surface area contributed by atoms with E-state index in [4.69, 9.17) is 9.47 Å². The van der Waals surface area contributed by atoms with Gasteiger partial charge in [-0.1, -0.05) is 0 Å². The van der Waals surface area contributed by atoms with Crippen LogP contribution in [0, 0.1) is 5.82 Å². The van der Waals surface area contributed by atoms with Crippen LogP contribution in [0.4, 0.5) is 9.39 Å². The van der Waals surface area contributed by atoms with E-state index >= 15 is 0 Å². The summed E-state index contributed by atoms with van der Waals surface area (Å²) in [5.41, 5.74) is -0.495. The number of ether oxygens (including phenoxy) is 2. The fourth-order valence-electron chi connectivity index (χ4n) is 2.89. The third-order valence-electron chi connectivity index (χ3n) is 4.31. The quantitative estimate of drug-likeness (QED) is 0.513. The van der Waals surface area contributed by atoms with Crippen molar-refractivity contribution in [3.05, 3.63) is 51.5 Å². The lowest BCUT2D eigenvalue weighted by Crippen LogP contribution is -2.25. The molecule has 3 rings (SSSR count). The predicted molar refractivity (Wildman–Crippen MR) is 116 cm³/mol. The Balaban J connectivity index is 2.05. The minimum atomic E-state index is -0.744. The van der Waals surface area contributed by atoms with Crippen molar-refractivity contribution in [1.29, 1.82) is 0 Å². The van der Waals surface area contributed by atoms with Crippen LogP contribution in [-0.4, -0.2) is 40.8 Å². The molecule has 2 heterocycles. The molecule has 0 spiro atoms. The van der Waals surface area contributed by atoms with E-state index in [0.717, 1.165) is 28.2 Å². The number of amides is 1. The van der Waals surface area contributed by atoms with E-state index in [1.807, 2.05) is 0 Å². The number of carbonyl (C=O) groups excluding carboxylic acids is 3. The summed E-state index contributed by atoms with van der Waals surface area (Å²) in [7, 11) is 0. The predicted octanol–water partition coefficient (Wildman–Crippen LogP) is 3.04. The highest BCUT2D eigenvalue weighted by atomic mass is 32.1. The molecule has 1 aromatic carbocycles. The molecule has 0 radical (unpaired) electrons. The number of esters is 2. The van der Waals surface area contributed by atoms with Crippen LogP contribution in [0.15, 0.2) is 34.4 Å². The first-order valence-electron chi connectivity index (χ1n) is 9.78. The summed E-state index contributed by atoms with van der Waals surface area (Å²) in [6.45, 7) is 3.60. The van der Waals surface area contributed by atoms with Gasteiger partial charge in [0, 0.05) is 17.2 Å². The van der Waals surface area contributed by atoms with Crippen molar-refractivity contribution in [2.75, 3.05) is 18.5 Å². The van der Waals surface area contributed by atoms with E-state index in [-0.39, 0.29) is 53.2 Å². The second kappa shape index (κ2) is 10.1. The summed E-state index contributed by atoms with van der Waals surface area (Å²) >= 11 is 1.04.